The van der Waals surface area contributed by atoms with Crippen LogP contribution in [0.1, 0.15) is 38.5 Å². The van der Waals surface area contributed by atoms with Gasteiger partial charge >= 0.3 is 0 Å². The Kier molecular flexibility index (Phi) is 5.38. The van der Waals surface area contributed by atoms with Crippen LogP contribution in [-0.2, 0) is 11.8 Å². The van der Waals surface area contributed by atoms with Crippen molar-refractivity contribution in [1.29, 1.82) is 0 Å². The first-order chi connectivity index (χ1) is 13.2. The summed E-state index contributed by atoms with van der Waals surface area (Å²) in [6.45, 7) is 0. The monoisotopic (exact) mass is 386 g/mol. The number of methoxy groups -OCH3 is 1. The van der Waals surface area contributed by atoms with Crippen LogP contribution in [-0.4, -0.2) is 50.5 Å². The van der Waals surface area contributed by atoms with Crippen molar-refractivity contribution in [1.82, 2.24) is 19.7 Å². The van der Waals surface area contributed by atoms with Gasteiger partial charge < -0.3 is 14.2 Å². The number of para-hydroxylation sites is 1. The number of nitrogens with zero attached hydrogens (tertiary/aromatic N) is 4. The highest BCUT2D eigenvalue weighted by Crippen LogP contribution is 2.35. The summed E-state index contributed by atoms with van der Waals surface area (Å²) in [7, 11) is 3.59. The molecule has 0 saturated heterocycles. The van der Waals surface area contributed by atoms with Gasteiger partial charge in [0.15, 0.2) is 11.0 Å². The molecule has 144 valence electrons. The second-order valence-corrected chi connectivity index (χ2v) is 8.27. The van der Waals surface area contributed by atoms with Gasteiger partial charge in [-0.1, -0.05) is 36.7 Å². The molecule has 2 fully saturated rings. The Morgan fingerprint density at radius 1 is 1.19 bits per heavy atom. The van der Waals surface area contributed by atoms with Crippen LogP contribution in [0.3, 0.4) is 0 Å². The molecule has 4 rings (SSSR count). The van der Waals surface area contributed by atoms with E-state index in [9.17, 15) is 4.79 Å². The third-order valence-corrected chi connectivity index (χ3v) is 6.46. The zero-order chi connectivity index (χ0) is 18.8. The van der Waals surface area contributed by atoms with Crippen LogP contribution in [0.4, 0.5) is 0 Å². The Labute approximate surface area is 164 Å². The van der Waals surface area contributed by atoms with E-state index in [0.717, 1.165) is 48.0 Å². The van der Waals surface area contributed by atoms with Gasteiger partial charge in [-0.25, -0.2) is 0 Å². The molecule has 1 aromatic carbocycles. The summed E-state index contributed by atoms with van der Waals surface area (Å²) in [6, 6.07) is 8.70. The largest absolute Gasteiger partial charge is 0.496 e. The highest BCUT2D eigenvalue weighted by molar-refractivity contribution is 7.99. The van der Waals surface area contributed by atoms with E-state index >= 15 is 0 Å². The molecule has 1 aromatic heterocycles. The van der Waals surface area contributed by atoms with E-state index in [-0.39, 0.29) is 5.91 Å². The smallest absolute Gasteiger partial charge is 0.233 e. The fourth-order valence-corrected chi connectivity index (χ4v) is 4.73. The molecule has 7 heteroatoms. The van der Waals surface area contributed by atoms with Crippen molar-refractivity contribution in [3.8, 4) is 17.1 Å². The van der Waals surface area contributed by atoms with Crippen LogP contribution in [0.15, 0.2) is 29.4 Å². The molecule has 1 amide bonds. The van der Waals surface area contributed by atoms with E-state index in [1.54, 1.807) is 7.11 Å². The lowest BCUT2D eigenvalue weighted by Gasteiger charge is -2.29. The molecule has 0 N–H and O–H groups in total. The van der Waals surface area contributed by atoms with Gasteiger partial charge in [-0.05, 0) is 37.8 Å². The van der Waals surface area contributed by atoms with E-state index in [0.29, 0.717) is 17.8 Å². The molecule has 0 bridgehead atoms. The highest BCUT2D eigenvalue weighted by atomic mass is 32.2. The first kappa shape index (κ1) is 18.3. The minimum Gasteiger partial charge on any atom is -0.496 e. The Morgan fingerprint density at radius 2 is 1.89 bits per heavy atom. The van der Waals surface area contributed by atoms with E-state index in [4.69, 9.17) is 4.74 Å². The molecule has 2 aliphatic carbocycles. The average Bonchev–Trinajstić information content (AvgIpc) is 3.23. The zero-order valence-electron chi connectivity index (χ0n) is 15.9. The SMILES string of the molecule is COc1ccccc1-c1nnc(SCC(=O)N(C2CCCC2)C2CC2)n1C. The van der Waals surface area contributed by atoms with Gasteiger partial charge in [-0.15, -0.1) is 10.2 Å². The summed E-state index contributed by atoms with van der Waals surface area (Å²) in [5.74, 6) is 2.18. The summed E-state index contributed by atoms with van der Waals surface area (Å²) in [6.07, 6.45) is 7.15. The van der Waals surface area contributed by atoms with Gasteiger partial charge in [-0.2, -0.15) is 0 Å². The summed E-state index contributed by atoms with van der Waals surface area (Å²) >= 11 is 1.47. The predicted octanol–water partition coefficient (Wildman–Crippen LogP) is 3.52. The molecule has 0 spiro atoms. The molecule has 0 atom stereocenters. The number of carbonyl (C=O) groups excluding carboxylic acids is 1. The van der Waals surface area contributed by atoms with E-state index in [1.807, 2.05) is 35.9 Å². The fraction of sp³-hybridized carbons (Fsp3) is 0.550. The summed E-state index contributed by atoms with van der Waals surface area (Å²) in [4.78, 5) is 15.1. The van der Waals surface area contributed by atoms with Crippen molar-refractivity contribution < 1.29 is 9.53 Å². The molecule has 0 aliphatic heterocycles. The fourth-order valence-electron chi connectivity index (χ4n) is 3.95. The third kappa shape index (κ3) is 3.83. The lowest BCUT2D eigenvalue weighted by Crippen LogP contribution is -2.41. The van der Waals surface area contributed by atoms with Gasteiger partial charge in [0.2, 0.25) is 5.91 Å². The van der Waals surface area contributed by atoms with Crippen molar-refractivity contribution in [2.24, 2.45) is 7.05 Å². The lowest BCUT2D eigenvalue weighted by atomic mass is 10.2. The molecule has 2 saturated carbocycles. The molecule has 6 nitrogen and oxygen atoms in total. The maximum atomic E-state index is 12.9. The van der Waals surface area contributed by atoms with Crippen molar-refractivity contribution >= 4 is 17.7 Å². The standard InChI is InChI=1S/C20H26N4O2S/c1-23-19(16-9-5-6-10-17(16)26-2)21-22-20(23)27-13-18(25)24(15-11-12-15)14-7-3-4-8-14/h5-6,9-10,14-15H,3-4,7-8,11-13H2,1-2H3. The van der Waals surface area contributed by atoms with Crippen molar-refractivity contribution in [3.05, 3.63) is 24.3 Å². The van der Waals surface area contributed by atoms with E-state index in [1.165, 1.54) is 24.6 Å². The van der Waals surface area contributed by atoms with E-state index in [2.05, 4.69) is 15.1 Å². The number of thioether (sulfide) groups is 1. The minimum atomic E-state index is 0.247. The van der Waals surface area contributed by atoms with Crippen molar-refractivity contribution in [2.45, 2.75) is 55.8 Å². The van der Waals surface area contributed by atoms with Crippen LogP contribution in [0.5, 0.6) is 5.75 Å². The minimum absolute atomic E-state index is 0.247. The number of benzene rings is 1. The van der Waals surface area contributed by atoms with Gasteiger partial charge in [0.25, 0.3) is 0 Å². The van der Waals surface area contributed by atoms with Gasteiger partial charge in [0, 0.05) is 19.1 Å². The zero-order valence-corrected chi connectivity index (χ0v) is 16.7. The van der Waals surface area contributed by atoms with Crippen LogP contribution < -0.4 is 4.74 Å². The molecule has 0 unspecified atom stereocenters. The molecular weight excluding hydrogens is 360 g/mol. The highest BCUT2D eigenvalue weighted by Gasteiger charge is 2.38. The van der Waals surface area contributed by atoms with Crippen LogP contribution in [0.2, 0.25) is 0 Å². The first-order valence-corrected chi connectivity index (χ1v) is 10.6. The van der Waals surface area contributed by atoms with Crippen molar-refractivity contribution in [2.75, 3.05) is 12.9 Å². The summed E-state index contributed by atoms with van der Waals surface area (Å²) < 4.78 is 7.37. The lowest BCUT2D eigenvalue weighted by molar-refractivity contribution is -0.131. The van der Waals surface area contributed by atoms with E-state index < -0.39 is 0 Å². The summed E-state index contributed by atoms with van der Waals surface area (Å²) in [5.41, 5.74) is 0.902. The second-order valence-electron chi connectivity index (χ2n) is 7.32. The normalized spacial score (nSPS) is 17.3. The maximum Gasteiger partial charge on any atom is 0.233 e. The Bertz CT molecular complexity index is 812. The number of aromatic nitrogens is 3. The molecule has 2 aromatic rings. The molecule has 1 heterocycles. The number of hydrogen-bond acceptors (Lipinski definition) is 5. The molecule has 2 aliphatic rings. The van der Waals surface area contributed by atoms with Gasteiger partial charge in [0.1, 0.15) is 5.75 Å². The quantitative estimate of drug-likeness (QED) is 0.682. The topological polar surface area (TPSA) is 60.3 Å². The number of ether oxygens (including phenoxy) is 1. The Balaban J connectivity index is 1.46. The predicted molar refractivity (Wildman–Crippen MR) is 106 cm³/mol. The molecule has 0 radical (unpaired) electrons. The number of rotatable bonds is 7. The molecular formula is C20H26N4O2S. The van der Waals surface area contributed by atoms with Crippen LogP contribution in [0.25, 0.3) is 11.4 Å². The Hall–Kier alpha value is -2.02. The number of amides is 1. The number of carbonyl (C=O) groups is 1. The second kappa shape index (κ2) is 7.92. The summed E-state index contributed by atoms with van der Waals surface area (Å²) in [5, 5.41) is 9.39. The van der Waals surface area contributed by atoms with Crippen molar-refractivity contribution in [3.63, 3.8) is 0 Å². The average molecular weight is 387 g/mol. The molecule has 27 heavy (non-hydrogen) atoms. The van der Waals surface area contributed by atoms with Gasteiger partial charge in [-0.3, -0.25) is 4.79 Å². The third-order valence-electron chi connectivity index (χ3n) is 5.45. The number of hydrogen-bond donors (Lipinski definition) is 0. The maximum absolute atomic E-state index is 12.9. The van der Waals surface area contributed by atoms with Crippen LogP contribution >= 0.6 is 11.8 Å². The van der Waals surface area contributed by atoms with Crippen LogP contribution in [0, 0.1) is 0 Å². The first-order valence-electron chi connectivity index (χ1n) is 9.65. The van der Waals surface area contributed by atoms with Gasteiger partial charge in [0.05, 0.1) is 18.4 Å². The Morgan fingerprint density at radius 3 is 2.59 bits per heavy atom.